The molecular formula is C15H10BrCl2FN4. The van der Waals surface area contributed by atoms with Crippen molar-refractivity contribution in [2.24, 2.45) is 0 Å². The van der Waals surface area contributed by atoms with E-state index in [1.165, 1.54) is 18.5 Å². The molecule has 3 aromatic rings. The molecule has 0 aliphatic carbocycles. The molecule has 0 bridgehead atoms. The maximum Gasteiger partial charge on any atom is 0.164 e. The monoisotopic (exact) mass is 414 g/mol. The van der Waals surface area contributed by atoms with Crippen LogP contribution < -0.4 is 5.32 Å². The molecule has 2 aromatic heterocycles. The van der Waals surface area contributed by atoms with Gasteiger partial charge in [0.15, 0.2) is 5.65 Å². The molecule has 0 radical (unpaired) electrons. The summed E-state index contributed by atoms with van der Waals surface area (Å²) in [6.45, 7) is 1.83. The molecule has 4 nitrogen and oxygen atoms in total. The molecule has 1 atom stereocenters. The highest BCUT2D eigenvalue weighted by molar-refractivity contribution is 9.10. The summed E-state index contributed by atoms with van der Waals surface area (Å²) in [5.41, 5.74) is 1.03. The Kier molecular flexibility index (Phi) is 4.66. The molecule has 3 rings (SSSR count). The average Bonchev–Trinajstić information content (AvgIpc) is 2.52. The van der Waals surface area contributed by atoms with Crippen molar-refractivity contribution in [2.75, 3.05) is 5.32 Å². The minimum absolute atomic E-state index is 0.00447. The van der Waals surface area contributed by atoms with Crippen LogP contribution in [0.2, 0.25) is 10.0 Å². The highest BCUT2D eigenvalue weighted by Gasteiger charge is 2.18. The number of hydrogen-bond donors (Lipinski definition) is 1. The molecule has 23 heavy (non-hydrogen) atoms. The second-order valence-corrected chi connectivity index (χ2v) is 6.57. The number of nitrogens with zero attached hydrogens (tertiary/aromatic N) is 3. The normalized spacial score (nSPS) is 12.4. The summed E-state index contributed by atoms with van der Waals surface area (Å²) in [5.74, 6) is 0.0457. The van der Waals surface area contributed by atoms with Crippen LogP contribution in [0.4, 0.5) is 10.2 Å². The van der Waals surface area contributed by atoms with Crippen molar-refractivity contribution in [3.05, 3.63) is 56.6 Å². The fraction of sp³-hybridized carbons (Fsp3) is 0.133. The third kappa shape index (κ3) is 3.24. The summed E-state index contributed by atoms with van der Waals surface area (Å²) in [4.78, 5) is 12.6. The van der Waals surface area contributed by atoms with Gasteiger partial charge in [0, 0.05) is 21.3 Å². The Hall–Kier alpha value is -1.50. The molecule has 0 spiro atoms. The first-order valence-electron chi connectivity index (χ1n) is 6.63. The third-order valence-electron chi connectivity index (χ3n) is 3.32. The number of halogens is 4. The SMILES string of the molecule is CC(Nc1ncnc2ncc(Br)cc12)c1c(Cl)ccc(F)c1Cl. The van der Waals surface area contributed by atoms with Gasteiger partial charge >= 0.3 is 0 Å². The van der Waals surface area contributed by atoms with E-state index < -0.39 is 5.82 Å². The van der Waals surface area contributed by atoms with Crippen LogP contribution in [0.3, 0.4) is 0 Å². The van der Waals surface area contributed by atoms with Gasteiger partial charge in [0.1, 0.15) is 18.0 Å². The van der Waals surface area contributed by atoms with Crippen LogP contribution in [0.15, 0.2) is 35.2 Å². The largest absolute Gasteiger partial charge is 0.363 e. The van der Waals surface area contributed by atoms with Crippen molar-refractivity contribution in [1.29, 1.82) is 0 Å². The van der Waals surface area contributed by atoms with Crippen LogP contribution in [-0.2, 0) is 0 Å². The number of nitrogens with one attached hydrogen (secondary N) is 1. The van der Waals surface area contributed by atoms with Crippen molar-refractivity contribution in [1.82, 2.24) is 15.0 Å². The molecule has 0 aliphatic rings. The van der Waals surface area contributed by atoms with Crippen LogP contribution >= 0.6 is 39.1 Å². The Labute approximate surface area is 150 Å². The topological polar surface area (TPSA) is 50.7 Å². The Morgan fingerprint density at radius 2 is 2.00 bits per heavy atom. The molecular weight excluding hydrogens is 406 g/mol. The predicted molar refractivity (Wildman–Crippen MR) is 93.5 cm³/mol. The second kappa shape index (κ2) is 6.55. The zero-order valence-corrected chi connectivity index (χ0v) is 14.9. The van der Waals surface area contributed by atoms with Gasteiger partial charge in [-0.25, -0.2) is 19.3 Å². The number of hydrogen-bond acceptors (Lipinski definition) is 4. The third-order valence-corrected chi connectivity index (χ3v) is 4.47. The quantitative estimate of drug-likeness (QED) is 0.581. The summed E-state index contributed by atoms with van der Waals surface area (Å²) >= 11 is 15.6. The van der Waals surface area contributed by atoms with E-state index in [9.17, 15) is 4.39 Å². The first-order chi connectivity index (χ1) is 11.0. The van der Waals surface area contributed by atoms with Crippen LogP contribution in [0.25, 0.3) is 11.0 Å². The zero-order chi connectivity index (χ0) is 16.6. The lowest BCUT2D eigenvalue weighted by Gasteiger charge is -2.18. The first-order valence-corrected chi connectivity index (χ1v) is 8.18. The van der Waals surface area contributed by atoms with Crippen molar-refractivity contribution in [3.8, 4) is 0 Å². The summed E-state index contributed by atoms with van der Waals surface area (Å²) in [6.07, 6.45) is 3.07. The molecule has 0 fully saturated rings. The highest BCUT2D eigenvalue weighted by atomic mass is 79.9. The summed E-state index contributed by atoms with van der Waals surface area (Å²) < 4.78 is 14.5. The van der Waals surface area contributed by atoms with Crippen molar-refractivity contribution in [2.45, 2.75) is 13.0 Å². The highest BCUT2D eigenvalue weighted by Crippen LogP contribution is 2.34. The molecule has 0 saturated heterocycles. The fourth-order valence-corrected chi connectivity index (χ4v) is 3.28. The van der Waals surface area contributed by atoms with Crippen LogP contribution in [0, 0.1) is 5.82 Å². The van der Waals surface area contributed by atoms with E-state index in [1.54, 1.807) is 6.20 Å². The minimum Gasteiger partial charge on any atom is -0.363 e. The molecule has 1 aromatic carbocycles. The Morgan fingerprint density at radius 3 is 2.78 bits per heavy atom. The van der Waals surface area contributed by atoms with Gasteiger partial charge in [-0.3, -0.25) is 0 Å². The average molecular weight is 416 g/mol. The van der Waals surface area contributed by atoms with Crippen LogP contribution in [0.1, 0.15) is 18.5 Å². The van der Waals surface area contributed by atoms with Gasteiger partial charge in [0.05, 0.1) is 16.5 Å². The molecule has 118 valence electrons. The summed E-state index contributed by atoms with van der Waals surface area (Å²) in [5, 5.41) is 4.30. The van der Waals surface area contributed by atoms with Gasteiger partial charge in [0.25, 0.3) is 0 Å². The van der Waals surface area contributed by atoms with Crippen LogP contribution in [-0.4, -0.2) is 15.0 Å². The molecule has 1 unspecified atom stereocenters. The number of pyridine rings is 1. The van der Waals surface area contributed by atoms with Crippen molar-refractivity contribution in [3.63, 3.8) is 0 Å². The van der Waals surface area contributed by atoms with E-state index in [4.69, 9.17) is 23.2 Å². The molecule has 2 heterocycles. The van der Waals surface area contributed by atoms with Gasteiger partial charge < -0.3 is 5.32 Å². The number of anilines is 1. The van der Waals surface area contributed by atoms with E-state index in [2.05, 4.69) is 36.2 Å². The predicted octanol–water partition coefficient (Wildman–Crippen LogP) is 5.41. The number of rotatable bonds is 3. The summed E-state index contributed by atoms with van der Waals surface area (Å²) in [6, 6.07) is 4.21. The number of fused-ring (bicyclic) bond motifs is 1. The minimum atomic E-state index is -0.517. The Balaban J connectivity index is 2.03. The summed E-state index contributed by atoms with van der Waals surface area (Å²) in [7, 11) is 0. The van der Waals surface area contributed by atoms with Crippen molar-refractivity contribution >= 4 is 56.0 Å². The standard InChI is InChI=1S/C15H10BrCl2FN4/c1-7(12-10(17)2-3-11(19)13(12)18)23-15-9-4-8(16)5-20-14(9)21-6-22-15/h2-7H,1H3,(H,20,21,22,23). The number of aromatic nitrogens is 3. The van der Waals surface area contributed by atoms with Gasteiger partial charge in [-0.05, 0) is 41.1 Å². The molecule has 0 saturated carbocycles. The Morgan fingerprint density at radius 1 is 1.22 bits per heavy atom. The van der Waals surface area contributed by atoms with E-state index in [0.29, 0.717) is 22.1 Å². The van der Waals surface area contributed by atoms with Crippen molar-refractivity contribution < 1.29 is 4.39 Å². The van der Waals surface area contributed by atoms with Crippen LogP contribution in [0.5, 0.6) is 0 Å². The zero-order valence-electron chi connectivity index (χ0n) is 11.8. The Bertz CT molecular complexity index is 891. The second-order valence-electron chi connectivity index (χ2n) is 4.87. The van der Waals surface area contributed by atoms with E-state index >= 15 is 0 Å². The number of benzene rings is 1. The fourth-order valence-electron chi connectivity index (χ4n) is 2.25. The van der Waals surface area contributed by atoms with Gasteiger partial charge in [0.2, 0.25) is 0 Å². The van der Waals surface area contributed by atoms with E-state index in [0.717, 1.165) is 9.86 Å². The van der Waals surface area contributed by atoms with Gasteiger partial charge in [-0.2, -0.15) is 0 Å². The first kappa shape index (κ1) is 16.4. The molecule has 0 amide bonds. The molecule has 1 N–H and O–H groups in total. The lowest BCUT2D eigenvalue weighted by molar-refractivity contribution is 0.624. The van der Waals surface area contributed by atoms with E-state index in [1.807, 2.05) is 13.0 Å². The van der Waals surface area contributed by atoms with Gasteiger partial charge in [-0.1, -0.05) is 23.2 Å². The molecule has 0 aliphatic heterocycles. The maximum absolute atomic E-state index is 13.7. The van der Waals surface area contributed by atoms with E-state index in [-0.39, 0.29) is 11.1 Å². The molecule has 8 heteroatoms. The van der Waals surface area contributed by atoms with Gasteiger partial charge in [-0.15, -0.1) is 0 Å². The smallest absolute Gasteiger partial charge is 0.164 e. The maximum atomic E-state index is 13.7. The lowest BCUT2D eigenvalue weighted by atomic mass is 10.1. The lowest BCUT2D eigenvalue weighted by Crippen LogP contribution is -2.10.